The molecule has 0 unspecified atom stereocenters. The van der Waals surface area contributed by atoms with E-state index in [4.69, 9.17) is 10.8 Å². The molecule has 0 fully saturated rings. The number of hydrogen-bond donors (Lipinski definition) is 2. The van der Waals surface area contributed by atoms with E-state index in [-0.39, 0.29) is 11.1 Å². The molecule has 0 bridgehead atoms. The van der Waals surface area contributed by atoms with E-state index in [0.29, 0.717) is 12.0 Å². The molecule has 3 N–H and O–H groups in total. The van der Waals surface area contributed by atoms with Gasteiger partial charge < -0.3 is 10.8 Å². The van der Waals surface area contributed by atoms with E-state index in [1.165, 1.54) is 6.07 Å². The predicted octanol–water partition coefficient (Wildman–Crippen LogP) is 2.07. The minimum absolute atomic E-state index is 0.0547. The van der Waals surface area contributed by atoms with Crippen molar-refractivity contribution in [2.24, 2.45) is 5.73 Å². The van der Waals surface area contributed by atoms with E-state index in [0.717, 1.165) is 5.56 Å². The molecule has 2 aromatic rings. The molecule has 0 spiro atoms. The summed E-state index contributed by atoms with van der Waals surface area (Å²) in [5.74, 6) is -1.87. The van der Waals surface area contributed by atoms with Crippen LogP contribution in [0.5, 0.6) is 0 Å². The highest BCUT2D eigenvalue weighted by atomic mass is 16.4. The van der Waals surface area contributed by atoms with E-state index in [1.807, 2.05) is 30.3 Å². The van der Waals surface area contributed by atoms with Crippen LogP contribution in [0.4, 0.5) is 0 Å². The minimum atomic E-state index is -1.15. The summed E-state index contributed by atoms with van der Waals surface area (Å²) in [6, 6.07) is 14.2. The van der Waals surface area contributed by atoms with Crippen LogP contribution in [-0.4, -0.2) is 17.0 Å². The van der Waals surface area contributed by atoms with Crippen LogP contribution in [0.3, 0.4) is 0 Å². The van der Waals surface area contributed by atoms with Crippen molar-refractivity contribution in [3.05, 3.63) is 70.8 Å². The fourth-order valence-electron chi connectivity index (χ4n) is 2.03. The molecule has 96 valence electrons. The third-order valence-corrected chi connectivity index (χ3v) is 2.86. The first kappa shape index (κ1) is 12.8. The Morgan fingerprint density at radius 3 is 2.26 bits per heavy atom. The molecule has 4 nitrogen and oxygen atoms in total. The van der Waals surface area contributed by atoms with Gasteiger partial charge in [0.1, 0.15) is 0 Å². The van der Waals surface area contributed by atoms with Crippen molar-refractivity contribution in [3.8, 4) is 0 Å². The maximum Gasteiger partial charge on any atom is 0.336 e. The molecule has 0 saturated heterocycles. The summed E-state index contributed by atoms with van der Waals surface area (Å²) < 4.78 is 0. The van der Waals surface area contributed by atoms with Gasteiger partial charge in [0.25, 0.3) is 0 Å². The Morgan fingerprint density at radius 2 is 1.68 bits per heavy atom. The number of carbonyl (C=O) groups is 2. The Morgan fingerprint density at radius 1 is 1.00 bits per heavy atom. The van der Waals surface area contributed by atoms with E-state index >= 15 is 0 Å². The second-order valence-corrected chi connectivity index (χ2v) is 4.17. The van der Waals surface area contributed by atoms with Gasteiger partial charge in [-0.3, -0.25) is 4.79 Å². The number of carboxylic acids is 1. The molecule has 1 amide bonds. The normalized spacial score (nSPS) is 10.1. The Labute approximate surface area is 110 Å². The summed E-state index contributed by atoms with van der Waals surface area (Å²) in [6.45, 7) is 0. The van der Waals surface area contributed by atoms with Gasteiger partial charge in [0.15, 0.2) is 0 Å². The van der Waals surface area contributed by atoms with Crippen LogP contribution in [-0.2, 0) is 6.42 Å². The zero-order valence-electron chi connectivity index (χ0n) is 10.2. The van der Waals surface area contributed by atoms with Gasteiger partial charge in [-0.25, -0.2) is 4.79 Å². The number of carboxylic acid groups (broad SMARTS) is 1. The molecule has 2 rings (SSSR count). The van der Waals surface area contributed by atoms with Crippen molar-refractivity contribution in [1.82, 2.24) is 0 Å². The molecule has 0 aliphatic carbocycles. The molecule has 0 atom stereocenters. The second kappa shape index (κ2) is 5.35. The molecule has 2 aromatic carbocycles. The average molecular weight is 255 g/mol. The summed E-state index contributed by atoms with van der Waals surface area (Å²) in [7, 11) is 0. The third kappa shape index (κ3) is 2.80. The molecule has 0 aliphatic rings. The number of nitrogens with two attached hydrogens (primary N) is 1. The van der Waals surface area contributed by atoms with Crippen LogP contribution < -0.4 is 5.73 Å². The van der Waals surface area contributed by atoms with Crippen molar-refractivity contribution < 1.29 is 14.7 Å². The summed E-state index contributed by atoms with van der Waals surface area (Å²) in [6.07, 6.45) is 0.472. The van der Waals surface area contributed by atoms with Gasteiger partial charge in [-0.2, -0.15) is 0 Å². The standard InChI is InChI=1S/C15H13NO3/c16-14(17)13-11(7-4-8-12(13)15(18)19)9-10-5-2-1-3-6-10/h1-8H,9H2,(H2,16,17)(H,18,19). The van der Waals surface area contributed by atoms with Crippen LogP contribution in [0.2, 0.25) is 0 Å². The van der Waals surface area contributed by atoms with Crippen molar-refractivity contribution in [3.63, 3.8) is 0 Å². The van der Waals surface area contributed by atoms with Gasteiger partial charge >= 0.3 is 5.97 Å². The number of aromatic carboxylic acids is 1. The van der Waals surface area contributed by atoms with Crippen LogP contribution >= 0.6 is 0 Å². The van der Waals surface area contributed by atoms with Gasteiger partial charge in [0, 0.05) is 0 Å². The van der Waals surface area contributed by atoms with Crippen molar-refractivity contribution >= 4 is 11.9 Å². The van der Waals surface area contributed by atoms with Gasteiger partial charge in [0.05, 0.1) is 11.1 Å². The van der Waals surface area contributed by atoms with Crippen molar-refractivity contribution in [2.75, 3.05) is 0 Å². The van der Waals surface area contributed by atoms with Crippen molar-refractivity contribution in [2.45, 2.75) is 6.42 Å². The lowest BCUT2D eigenvalue weighted by atomic mass is 9.95. The Bertz CT molecular complexity index is 621. The lowest BCUT2D eigenvalue weighted by Crippen LogP contribution is -2.19. The summed E-state index contributed by atoms with van der Waals surface area (Å²) in [5.41, 5.74) is 6.95. The van der Waals surface area contributed by atoms with Crippen LogP contribution in [0.1, 0.15) is 31.8 Å². The monoisotopic (exact) mass is 255 g/mol. The van der Waals surface area contributed by atoms with Gasteiger partial charge in [-0.15, -0.1) is 0 Å². The van der Waals surface area contributed by atoms with E-state index in [9.17, 15) is 9.59 Å². The smallest absolute Gasteiger partial charge is 0.336 e. The highest BCUT2D eigenvalue weighted by molar-refractivity contribution is 6.05. The number of amides is 1. The van der Waals surface area contributed by atoms with E-state index in [1.54, 1.807) is 12.1 Å². The molecule has 0 radical (unpaired) electrons. The summed E-state index contributed by atoms with van der Waals surface area (Å²) in [4.78, 5) is 22.6. The lowest BCUT2D eigenvalue weighted by molar-refractivity contribution is 0.0692. The fourth-order valence-corrected chi connectivity index (χ4v) is 2.03. The summed E-state index contributed by atoms with van der Waals surface area (Å²) >= 11 is 0. The first-order valence-electron chi connectivity index (χ1n) is 5.78. The Balaban J connectivity index is 2.48. The molecule has 0 aliphatic heterocycles. The van der Waals surface area contributed by atoms with Gasteiger partial charge in [-0.1, -0.05) is 42.5 Å². The number of carbonyl (C=O) groups excluding carboxylic acids is 1. The Hall–Kier alpha value is -2.62. The topological polar surface area (TPSA) is 80.4 Å². The summed E-state index contributed by atoms with van der Waals surface area (Å²) in [5, 5.41) is 9.10. The first-order valence-corrected chi connectivity index (χ1v) is 5.78. The zero-order chi connectivity index (χ0) is 13.8. The number of rotatable bonds is 4. The highest BCUT2D eigenvalue weighted by Gasteiger charge is 2.18. The molecule has 0 aromatic heterocycles. The van der Waals surface area contributed by atoms with Crippen LogP contribution in [0.15, 0.2) is 48.5 Å². The SMILES string of the molecule is NC(=O)c1c(Cc2ccccc2)cccc1C(=O)O. The first-order chi connectivity index (χ1) is 9.09. The second-order valence-electron chi connectivity index (χ2n) is 4.17. The largest absolute Gasteiger partial charge is 0.478 e. The fraction of sp³-hybridized carbons (Fsp3) is 0.0667. The molecule has 4 heteroatoms. The van der Waals surface area contributed by atoms with Gasteiger partial charge in [-0.05, 0) is 23.6 Å². The predicted molar refractivity (Wildman–Crippen MR) is 71.2 cm³/mol. The van der Waals surface area contributed by atoms with E-state index in [2.05, 4.69) is 0 Å². The quantitative estimate of drug-likeness (QED) is 0.877. The number of primary amides is 1. The third-order valence-electron chi connectivity index (χ3n) is 2.86. The maximum atomic E-state index is 11.5. The highest BCUT2D eigenvalue weighted by Crippen LogP contribution is 2.18. The van der Waals surface area contributed by atoms with E-state index < -0.39 is 11.9 Å². The molecule has 0 heterocycles. The maximum absolute atomic E-state index is 11.5. The number of hydrogen-bond acceptors (Lipinski definition) is 2. The van der Waals surface area contributed by atoms with Crippen molar-refractivity contribution in [1.29, 1.82) is 0 Å². The molecular weight excluding hydrogens is 242 g/mol. The number of benzene rings is 2. The Kier molecular flexibility index (Phi) is 3.61. The molecule has 0 saturated carbocycles. The molecule has 19 heavy (non-hydrogen) atoms. The minimum Gasteiger partial charge on any atom is -0.478 e. The van der Waals surface area contributed by atoms with Crippen LogP contribution in [0, 0.1) is 0 Å². The van der Waals surface area contributed by atoms with Gasteiger partial charge in [0.2, 0.25) is 5.91 Å². The average Bonchev–Trinajstić information content (AvgIpc) is 2.39. The lowest BCUT2D eigenvalue weighted by Gasteiger charge is -2.09. The van der Waals surface area contributed by atoms with Crippen LogP contribution in [0.25, 0.3) is 0 Å². The zero-order valence-corrected chi connectivity index (χ0v) is 10.2. The molecular formula is C15H13NO3.